The molecule has 0 bridgehead atoms. The Hall–Kier alpha value is -1.10. The van der Waals surface area contributed by atoms with Gasteiger partial charge in [-0.15, -0.1) is 0 Å². The van der Waals surface area contributed by atoms with Gasteiger partial charge >= 0.3 is 0 Å². The van der Waals surface area contributed by atoms with Gasteiger partial charge in [0.25, 0.3) is 0 Å². The average molecular weight is 152 g/mol. The summed E-state index contributed by atoms with van der Waals surface area (Å²) in [5, 5.41) is 24.2. The molecule has 0 radical (unpaired) electrons. The zero-order valence-corrected chi connectivity index (χ0v) is 6.81. The lowest BCUT2D eigenvalue weighted by Crippen LogP contribution is -2.19. The standard InChI is InChI=1S/C8H12N2O/c1-7(4-9)3-8(2,5-10)6-11/h9,11H,3,6H2,1-2H3. The second-order valence-electron chi connectivity index (χ2n) is 2.91. The van der Waals surface area contributed by atoms with Crippen LogP contribution in [0.25, 0.3) is 0 Å². The molecule has 1 unspecified atom stereocenters. The van der Waals surface area contributed by atoms with E-state index in [4.69, 9.17) is 15.8 Å². The van der Waals surface area contributed by atoms with E-state index in [-0.39, 0.29) is 6.61 Å². The number of nitriles is 1. The highest BCUT2D eigenvalue weighted by atomic mass is 16.3. The van der Waals surface area contributed by atoms with Crippen LogP contribution in [0.3, 0.4) is 0 Å². The van der Waals surface area contributed by atoms with Crippen LogP contribution in [0, 0.1) is 22.2 Å². The molecule has 0 aromatic heterocycles. The van der Waals surface area contributed by atoms with E-state index in [1.165, 1.54) is 0 Å². The highest BCUT2D eigenvalue weighted by Gasteiger charge is 2.22. The van der Waals surface area contributed by atoms with E-state index in [0.717, 1.165) is 0 Å². The summed E-state index contributed by atoms with van der Waals surface area (Å²) < 4.78 is 0. The largest absolute Gasteiger partial charge is 0.395 e. The van der Waals surface area contributed by atoms with E-state index in [2.05, 4.69) is 5.87 Å². The molecule has 0 fully saturated rings. The second-order valence-corrected chi connectivity index (χ2v) is 2.91. The number of hydrogen-bond donors (Lipinski definition) is 2. The zero-order chi connectivity index (χ0) is 8.91. The molecule has 3 heteroatoms. The molecule has 0 spiro atoms. The first-order valence-electron chi connectivity index (χ1n) is 3.35. The Labute approximate surface area is 66.5 Å². The van der Waals surface area contributed by atoms with Gasteiger partial charge in [0.15, 0.2) is 0 Å². The number of nitrogens with one attached hydrogen (secondary N) is 1. The Bertz CT molecular complexity index is 223. The third kappa shape index (κ3) is 2.99. The Kier molecular flexibility index (Phi) is 3.53. The van der Waals surface area contributed by atoms with Gasteiger partial charge in [-0.1, -0.05) is 0 Å². The molecule has 0 saturated carbocycles. The van der Waals surface area contributed by atoms with Crippen LogP contribution in [0.1, 0.15) is 20.3 Å². The van der Waals surface area contributed by atoms with Crippen LogP contribution < -0.4 is 0 Å². The lowest BCUT2D eigenvalue weighted by atomic mass is 9.87. The van der Waals surface area contributed by atoms with Crippen molar-refractivity contribution in [3.63, 3.8) is 0 Å². The summed E-state index contributed by atoms with van der Waals surface area (Å²) in [6, 6.07) is 2.00. The van der Waals surface area contributed by atoms with Gasteiger partial charge < -0.3 is 5.11 Å². The van der Waals surface area contributed by atoms with Gasteiger partial charge in [0, 0.05) is 0 Å². The van der Waals surface area contributed by atoms with Crippen molar-refractivity contribution in [2.45, 2.75) is 20.3 Å². The van der Waals surface area contributed by atoms with Crippen LogP contribution in [-0.2, 0) is 0 Å². The SMILES string of the molecule is CC(=C=N)CC(C)(C#N)CO. The van der Waals surface area contributed by atoms with Crippen LogP contribution in [0.5, 0.6) is 0 Å². The van der Waals surface area contributed by atoms with Crippen molar-refractivity contribution in [3.05, 3.63) is 5.57 Å². The molecule has 0 aromatic carbocycles. The maximum Gasteiger partial charge on any atom is 0.0819 e. The average Bonchev–Trinajstić information content (AvgIpc) is 2.04. The molecule has 11 heavy (non-hydrogen) atoms. The van der Waals surface area contributed by atoms with E-state index < -0.39 is 5.41 Å². The molecule has 0 aliphatic carbocycles. The lowest BCUT2D eigenvalue weighted by Gasteiger charge is -2.16. The van der Waals surface area contributed by atoms with Crippen molar-refractivity contribution in [3.8, 4) is 6.07 Å². The van der Waals surface area contributed by atoms with Crippen LogP contribution in [-0.4, -0.2) is 17.6 Å². The van der Waals surface area contributed by atoms with Crippen LogP contribution >= 0.6 is 0 Å². The van der Waals surface area contributed by atoms with E-state index in [1.807, 2.05) is 6.07 Å². The second kappa shape index (κ2) is 3.92. The highest BCUT2D eigenvalue weighted by molar-refractivity contribution is 5.53. The number of nitrogens with zero attached hydrogens (tertiary/aromatic N) is 1. The van der Waals surface area contributed by atoms with Crippen molar-refractivity contribution in [2.75, 3.05) is 6.61 Å². The topological polar surface area (TPSA) is 67.9 Å². The zero-order valence-electron chi connectivity index (χ0n) is 6.81. The highest BCUT2D eigenvalue weighted by Crippen LogP contribution is 2.22. The summed E-state index contributed by atoms with van der Waals surface area (Å²) >= 11 is 0. The fourth-order valence-electron chi connectivity index (χ4n) is 0.760. The van der Waals surface area contributed by atoms with Gasteiger partial charge in [-0.05, 0) is 31.7 Å². The number of allylic oxidation sites excluding steroid dienone is 1. The Morgan fingerprint density at radius 3 is 2.55 bits per heavy atom. The van der Waals surface area contributed by atoms with Crippen molar-refractivity contribution < 1.29 is 5.11 Å². The fraction of sp³-hybridized carbons (Fsp3) is 0.625. The minimum Gasteiger partial charge on any atom is -0.395 e. The molecule has 0 aromatic rings. The molecule has 1 atom stereocenters. The van der Waals surface area contributed by atoms with E-state index in [9.17, 15) is 0 Å². The smallest absolute Gasteiger partial charge is 0.0819 e. The molecule has 0 rings (SSSR count). The summed E-state index contributed by atoms with van der Waals surface area (Å²) in [7, 11) is 0. The first kappa shape index (κ1) is 9.90. The normalized spacial score (nSPS) is 14.4. The molecule has 2 N–H and O–H groups in total. The molecule has 0 saturated heterocycles. The van der Waals surface area contributed by atoms with Gasteiger partial charge in [0.1, 0.15) is 0 Å². The van der Waals surface area contributed by atoms with E-state index in [0.29, 0.717) is 12.0 Å². The Morgan fingerprint density at radius 2 is 2.27 bits per heavy atom. The molecular formula is C8H12N2O. The first-order valence-corrected chi connectivity index (χ1v) is 3.35. The van der Waals surface area contributed by atoms with Crippen LogP contribution in [0.2, 0.25) is 0 Å². The van der Waals surface area contributed by atoms with Gasteiger partial charge in [-0.3, -0.25) is 5.41 Å². The fourth-order valence-corrected chi connectivity index (χ4v) is 0.760. The summed E-state index contributed by atoms with van der Waals surface area (Å²) in [6.45, 7) is 3.20. The quantitative estimate of drug-likeness (QED) is 0.594. The number of aliphatic hydroxyl groups excluding tert-OH is 1. The predicted molar refractivity (Wildman–Crippen MR) is 42.3 cm³/mol. The van der Waals surface area contributed by atoms with Crippen LogP contribution in [0.4, 0.5) is 0 Å². The molecular weight excluding hydrogens is 140 g/mol. The molecule has 0 aliphatic heterocycles. The molecule has 3 nitrogen and oxygen atoms in total. The van der Waals surface area contributed by atoms with Gasteiger partial charge in [-0.2, -0.15) is 5.26 Å². The van der Waals surface area contributed by atoms with Crippen molar-refractivity contribution in [1.29, 1.82) is 10.7 Å². The Morgan fingerprint density at radius 1 is 1.73 bits per heavy atom. The molecule has 0 heterocycles. The molecule has 0 amide bonds. The van der Waals surface area contributed by atoms with E-state index >= 15 is 0 Å². The van der Waals surface area contributed by atoms with Gasteiger partial charge in [0.2, 0.25) is 0 Å². The third-order valence-corrected chi connectivity index (χ3v) is 1.49. The molecule has 60 valence electrons. The van der Waals surface area contributed by atoms with Crippen molar-refractivity contribution in [2.24, 2.45) is 5.41 Å². The van der Waals surface area contributed by atoms with Crippen molar-refractivity contribution >= 4 is 5.87 Å². The summed E-state index contributed by atoms with van der Waals surface area (Å²) in [6.07, 6.45) is 0.406. The number of rotatable bonds is 3. The summed E-state index contributed by atoms with van der Waals surface area (Å²) in [5.74, 6) is 2.19. The van der Waals surface area contributed by atoms with E-state index in [1.54, 1.807) is 13.8 Å². The van der Waals surface area contributed by atoms with Gasteiger partial charge in [-0.25, -0.2) is 0 Å². The van der Waals surface area contributed by atoms with Gasteiger partial charge in [0.05, 0.1) is 18.1 Å². The summed E-state index contributed by atoms with van der Waals surface area (Å²) in [5.41, 5.74) is -0.0684. The number of aliphatic hydroxyl groups is 1. The maximum atomic E-state index is 8.80. The van der Waals surface area contributed by atoms with Crippen LogP contribution in [0.15, 0.2) is 5.57 Å². The maximum absolute atomic E-state index is 8.80. The predicted octanol–water partition coefficient (Wildman–Crippen LogP) is 1.09. The van der Waals surface area contributed by atoms with Crippen molar-refractivity contribution in [1.82, 2.24) is 0 Å². The Balaban J connectivity index is 4.35. The number of hydrogen-bond acceptors (Lipinski definition) is 3. The third-order valence-electron chi connectivity index (χ3n) is 1.49. The summed E-state index contributed by atoms with van der Waals surface area (Å²) in [4.78, 5) is 0. The monoisotopic (exact) mass is 152 g/mol. The lowest BCUT2D eigenvalue weighted by molar-refractivity contribution is 0.190. The molecule has 0 aliphatic rings. The minimum absolute atomic E-state index is 0.178. The first-order chi connectivity index (χ1) is 5.08. The minimum atomic E-state index is -0.752.